The van der Waals surface area contributed by atoms with Gasteiger partial charge in [0, 0.05) is 39.3 Å². The van der Waals surface area contributed by atoms with E-state index in [1.54, 1.807) is 0 Å². The molecule has 0 bridgehead atoms. The van der Waals surface area contributed by atoms with Crippen molar-refractivity contribution in [3.05, 3.63) is 65.7 Å². The van der Waals surface area contributed by atoms with E-state index >= 15 is 0 Å². The molecule has 26 heavy (non-hydrogen) atoms. The molecule has 1 saturated heterocycles. The Morgan fingerprint density at radius 1 is 1.12 bits per heavy atom. The molecule has 0 unspecified atom stereocenters. The third-order valence-electron chi connectivity index (χ3n) is 4.20. The van der Waals surface area contributed by atoms with Crippen LogP contribution in [-0.4, -0.2) is 37.4 Å². The van der Waals surface area contributed by atoms with Crippen molar-refractivity contribution in [2.24, 2.45) is 4.99 Å². The van der Waals surface area contributed by atoms with Crippen LogP contribution < -0.4 is 10.2 Å². The maximum Gasteiger partial charge on any atom is 0.228 e. The van der Waals surface area contributed by atoms with Crippen LogP contribution in [0.5, 0.6) is 0 Å². The van der Waals surface area contributed by atoms with Crippen LogP contribution in [0.15, 0.2) is 59.6 Å². The van der Waals surface area contributed by atoms with Gasteiger partial charge in [0.2, 0.25) is 5.91 Å². The number of nitrogens with zero attached hydrogens (tertiary/aromatic N) is 3. The summed E-state index contributed by atoms with van der Waals surface area (Å²) in [6, 6.07) is 18.3. The largest absolute Gasteiger partial charge is 0.352 e. The van der Waals surface area contributed by atoms with Crippen molar-refractivity contribution in [1.82, 2.24) is 10.2 Å². The first kappa shape index (κ1) is 20.2. The minimum Gasteiger partial charge on any atom is -0.352 e. The quantitative estimate of drug-likeness (QED) is 0.320. The molecule has 1 N–H and O–H groups in total. The molecule has 1 amide bonds. The predicted molar refractivity (Wildman–Crippen MR) is 117 cm³/mol. The molecule has 0 aliphatic carbocycles. The minimum atomic E-state index is 0. The number of guanidine groups is 1. The molecule has 0 radical (unpaired) electrons. The maximum absolute atomic E-state index is 11.6. The van der Waals surface area contributed by atoms with Gasteiger partial charge in [0.1, 0.15) is 0 Å². The number of anilines is 1. The second-order valence-corrected chi connectivity index (χ2v) is 6.34. The van der Waals surface area contributed by atoms with E-state index in [1.807, 2.05) is 66.4 Å². The second-order valence-electron chi connectivity index (χ2n) is 6.34. The number of hydrogen-bond donors (Lipinski definition) is 1. The Hall–Kier alpha value is -2.09. The van der Waals surface area contributed by atoms with E-state index in [4.69, 9.17) is 4.99 Å². The number of β-lactam (4-membered cyclic amide) rings is 1. The number of benzene rings is 2. The van der Waals surface area contributed by atoms with E-state index in [1.165, 1.54) is 5.56 Å². The van der Waals surface area contributed by atoms with Crippen LogP contribution >= 0.6 is 24.0 Å². The van der Waals surface area contributed by atoms with Crippen LogP contribution in [0, 0.1) is 0 Å². The fourth-order valence-electron chi connectivity index (χ4n) is 2.71. The van der Waals surface area contributed by atoms with Crippen LogP contribution in [0.25, 0.3) is 0 Å². The van der Waals surface area contributed by atoms with E-state index in [0.717, 1.165) is 30.3 Å². The smallest absolute Gasteiger partial charge is 0.228 e. The Labute approximate surface area is 172 Å². The summed E-state index contributed by atoms with van der Waals surface area (Å²) in [6.07, 6.45) is 0.649. The fraction of sp³-hybridized carbons (Fsp3) is 0.300. The molecule has 0 atom stereocenters. The van der Waals surface area contributed by atoms with Crippen molar-refractivity contribution in [1.29, 1.82) is 0 Å². The fourth-order valence-corrected chi connectivity index (χ4v) is 2.71. The zero-order valence-electron chi connectivity index (χ0n) is 15.2. The summed E-state index contributed by atoms with van der Waals surface area (Å²) in [7, 11) is 3.96. The average Bonchev–Trinajstić information content (AvgIpc) is 2.61. The van der Waals surface area contributed by atoms with Gasteiger partial charge in [-0.3, -0.25) is 4.79 Å². The van der Waals surface area contributed by atoms with Gasteiger partial charge in [0.15, 0.2) is 5.96 Å². The van der Waals surface area contributed by atoms with Crippen LogP contribution in [0.1, 0.15) is 17.5 Å². The lowest BCUT2D eigenvalue weighted by atomic mass is 10.1. The first-order valence-corrected chi connectivity index (χ1v) is 8.52. The number of rotatable bonds is 5. The molecule has 138 valence electrons. The highest BCUT2D eigenvalue weighted by Crippen LogP contribution is 2.22. The number of carbonyl (C=O) groups excluding carboxylic acids is 1. The molecule has 0 saturated carbocycles. The maximum atomic E-state index is 11.6. The lowest BCUT2D eigenvalue weighted by molar-refractivity contribution is -0.122. The number of aliphatic imine (C=N–C) groups is 1. The molecule has 3 rings (SSSR count). The normalized spacial score (nSPS) is 13.7. The van der Waals surface area contributed by atoms with Crippen molar-refractivity contribution in [3.63, 3.8) is 0 Å². The Bertz CT molecular complexity index is 761. The summed E-state index contributed by atoms with van der Waals surface area (Å²) in [5.74, 6) is 1.04. The Kier molecular flexibility index (Phi) is 7.44. The number of carbonyl (C=O) groups is 1. The standard InChI is InChI=1S/C20H24N4O.HI/c1-23(2)20(21-14-16-7-4-3-5-8-16)22-15-17-9-6-10-18(13-17)24-12-11-19(24)25;/h3-10,13H,11-12,14-15H2,1-2H3,(H,21,22);1H. The summed E-state index contributed by atoms with van der Waals surface area (Å²) in [5.41, 5.74) is 3.28. The topological polar surface area (TPSA) is 47.9 Å². The van der Waals surface area contributed by atoms with E-state index < -0.39 is 0 Å². The van der Waals surface area contributed by atoms with Crippen molar-refractivity contribution in [2.75, 3.05) is 25.5 Å². The van der Waals surface area contributed by atoms with Gasteiger partial charge in [-0.2, -0.15) is 0 Å². The van der Waals surface area contributed by atoms with Gasteiger partial charge < -0.3 is 15.1 Å². The highest BCUT2D eigenvalue weighted by Gasteiger charge is 2.24. The highest BCUT2D eigenvalue weighted by atomic mass is 127. The van der Waals surface area contributed by atoms with Gasteiger partial charge in [0.05, 0.1) is 6.54 Å². The van der Waals surface area contributed by atoms with Crippen molar-refractivity contribution < 1.29 is 4.79 Å². The lowest BCUT2D eigenvalue weighted by Gasteiger charge is -2.30. The number of halogens is 1. The number of hydrogen-bond acceptors (Lipinski definition) is 2. The molecule has 2 aromatic carbocycles. The summed E-state index contributed by atoms with van der Waals surface area (Å²) in [6.45, 7) is 2.12. The van der Waals surface area contributed by atoms with Crippen LogP contribution in [0.3, 0.4) is 0 Å². The predicted octanol–water partition coefficient (Wildman–Crippen LogP) is 3.25. The number of amides is 1. The van der Waals surface area contributed by atoms with Gasteiger partial charge in [-0.1, -0.05) is 42.5 Å². The lowest BCUT2D eigenvalue weighted by Crippen LogP contribution is -2.43. The first-order chi connectivity index (χ1) is 12.1. The van der Waals surface area contributed by atoms with E-state index in [2.05, 4.69) is 17.4 Å². The van der Waals surface area contributed by atoms with E-state index in [9.17, 15) is 4.79 Å². The molecular formula is C20H25IN4O. The SMILES string of the molecule is CN(C)C(=NCc1cccc(N2CCC2=O)c1)NCc1ccccc1.I. The van der Waals surface area contributed by atoms with Crippen LogP contribution in [-0.2, 0) is 17.9 Å². The summed E-state index contributed by atoms with van der Waals surface area (Å²) in [4.78, 5) is 20.1. The molecule has 0 spiro atoms. The molecule has 1 fully saturated rings. The number of nitrogens with one attached hydrogen (secondary N) is 1. The Morgan fingerprint density at radius 2 is 1.85 bits per heavy atom. The first-order valence-electron chi connectivity index (χ1n) is 8.52. The van der Waals surface area contributed by atoms with Gasteiger partial charge >= 0.3 is 0 Å². The van der Waals surface area contributed by atoms with E-state index in [0.29, 0.717) is 13.0 Å². The average molecular weight is 464 g/mol. The van der Waals surface area contributed by atoms with Crippen LogP contribution in [0.2, 0.25) is 0 Å². The van der Waals surface area contributed by atoms with Gasteiger partial charge in [-0.15, -0.1) is 24.0 Å². The molecule has 1 aliphatic rings. The summed E-state index contributed by atoms with van der Waals surface area (Å²) >= 11 is 0. The monoisotopic (exact) mass is 464 g/mol. The molecular weight excluding hydrogens is 439 g/mol. The summed E-state index contributed by atoms with van der Waals surface area (Å²) in [5, 5.41) is 3.38. The molecule has 0 aromatic heterocycles. The molecule has 2 aromatic rings. The third kappa shape index (κ3) is 5.20. The third-order valence-corrected chi connectivity index (χ3v) is 4.20. The Balaban J connectivity index is 0.00000243. The molecule has 1 aliphatic heterocycles. The second kappa shape index (κ2) is 9.56. The van der Waals surface area contributed by atoms with E-state index in [-0.39, 0.29) is 29.9 Å². The molecule has 5 nitrogen and oxygen atoms in total. The molecule has 6 heteroatoms. The molecule has 1 heterocycles. The highest BCUT2D eigenvalue weighted by molar-refractivity contribution is 14.0. The van der Waals surface area contributed by atoms with Gasteiger partial charge in [-0.25, -0.2) is 4.99 Å². The van der Waals surface area contributed by atoms with Gasteiger partial charge in [-0.05, 0) is 23.3 Å². The van der Waals surface area contributed by atoms with Crippen molar-refractivity contribution >= 4 is 41.5 Å². The zero-order chi connectivity index (χ0) is 17.6. The van der Waals surface area contributed by atoms with Crippen molar-refractivity contribution in [2.45, 2.75) is 19.5 Å². The van der Waals surface area contributed by atoms with Gasteiger partial charge in [0.25, 0.3) is 0 Å². The minimum absolute atomic E-state index is 0. The van der Waals surface area contributed by atoms with Crippen molar-refractivity contribution in [3.8, 4) is 0 Å². The Morgan fingerprint density at radius 3 is 2.46 bits per heavy atom. The zero-order valence-corrected chi connectivity index (χ0v) is 17.5. The van der Waals surface area contributed by atoms with Crippen LogP contribution in [0.4, 0.5) is 5.69 Å². The summed E-state index contributed by atoms with van der Waals surface area (Å²) < 4.78 is 0.